The van der Waals surface area contributed by atoms with Crippen LogP contribution in [-0.4, -0.2) is 0 Å². The zero-order chi connectivity index (χ0) is 12.0. The molecule has 0 aliphatic heterocycles. The molecule has 0 fully saturated rings. The van der Waals surface area contributed by atoms with Gasteiger partial charge in [-0.1, -0.05) is 0 Å². The summed E-state index contributed by atoms with van der Waals surface area (Å²) in [5.41, 5.74) is 0. The fourth-order valence-corrected chi connectivity index (χ4v) is 0. The molecule has 0 saturated carbocycles. The van der Waals surface area contributed by atoms with E-state index < -0.39 is 0 Å². The first kappa shape index (κ1) is 88.8. The first-order valence-electron chi connectivity index (χ1n) is 1.34. The van der Waals surface area contributed by atoms with Crippen molar-refractivity contribution in [3.63, 3.8) is 0 Å². The van der Waals surface area contributed by atoms with Crippen LogP contribution in [0.5, 0.6) is 0 Å². The molecule has 0 bridgehead atoms. The summed E-state index contributed by atoms with van der Waals surface area (Å²) >= 11 is 0. The minimum atomic E-state index is 0. The van der Waals surface area contributed by atoms with Crippen molar-refractivity contribution < 1.29 is 36.9 Å². The monoisotopic (exact) mass is 404 g/mol. The molecule has 0 aliphatic carbocycles. The fraction of sp³-hybridized carbons (Fsp3) is 0. The van der Waals surface area contributed by atoms with Crippen LogP contribution < -0.4 is 0 Å². The van der Waals surface area contributed by atoms with Gasteiger partial charge in [-0.25, -0.2) is 0 Å². The average molecular weight is 402 g/mol. The minimum absolute atomic E-state index is 0. The topological polar surface area (TPSA) is 143 Å². The van der Waals surface area contributed by atoms with Crippen LogP contribution in [0, 0.1) is 71.0 Å². The van der Waals surface area contributed by atoms with Crippen molar-refractivity contribution in [3.8, 4) is 0 Å². The smallest absolute Gasteiger partial charge is 0.512 e. The number of rotatable bonds is 0. The van der Waals surface area contributed by atoms with Gasteiger partial charge in [-0.2, -0.15) is 0 Å². The van der Waals surface area contributed by atoms with Gasteiger partial charge in [0.2, 0.25) is 0 Å². The van der Waals surface area contributed by atoms with Gasteiger partial charge in [0.1, 0.15) is 0 Å². The second kappa shape index (κ2) is 312. The molecule has 6 nitrogen and oxygen atoms in total. The molecule has 14 heavy (non-hydrogen) atoms. The standard InChI is InChI=1S/6CN.Fe.Os/c6*1-2;;/q6*-1;+2;+4. The van der Waals surface area contributed by atoms with Crippen molar-refractivity contribution in [1.82, 2.24) is 0 Å². The third-order valence-corrected chi connectivity index (χ3v) is 0. The van der Waals surface area contributed by atoms with Gasteiger partial charge < -0.3 is 71.0 Å². The summed E-state index contributed by atoms with van der Waals surface area (Å²) in [5.74, 6) is 0. The number of hydrogen-bond acceptors (Lipinski definition) is 6. The molecule has 0 radical (unpaired) electrons. The van der Waals surface area contributed by atoms with E-state index >= 15 is 0 Å². The quantitative estimate of drug-likeness (QED) is 0.428. The van der Waals surface area contributed by atoms with E-state index in [-0.39, 0.29) is 36.9 Å². The molecule has 0 aromatic carbocycles. The SMILES string of the molecule is [C-]#N.[C-]#N.[C-]#N.[C-]#N.[C-]#N.[C-]#N.[Fe+2].[Os+4]. The van der Waals surface area contributed by atoms with E-state index in [1.165, 1.54) is 0 Å². The maximum Gasteiger partial charge on any atom is 4.00 e. The van der Waals surface area contributed by atoms with Crippen molar-refractivity contribution in [2.24, 2.45) is 0 Å². The molecule has 70 valence electrons. The van der Waals surface area contributed by atoms with Gasteiger partial charge in [0, 0.05) is 0 Å². The second-order valence-corrected chi connectivity index (χ2v) is 0. The van der Waals surface area contributed by atoms with Gasteiger partial charge in [0.25, 0.3) is 0 Å². The Hall–Kier alpha value is -1.90. The number of nitrogens with zero attached hydrogens (tertiary/aromatic N) is 6. The Bertz CT molecular complexity index is 97.3. The van der Waals surface area contributed by atoms with E-state index in [9.17, 15) is 0 Å². The zero-order valence-electron chi connectivity index (χ0n) is 6.39. The van der Waals surface area contributed by atoms with Gasteiger partial charge in [0.15, 0.2) is 0 Å². The maximum absolute atomic E-state index is 6.25. The predicted molar refractivity (Wildman–Crippen MR) is 29.8 cm³/mol. The summed E-state index contributed by atoms with van der Waals surface area (Å²) in [6.45, 7) is 28.5. The van der Waals surface area contributed by atoms with E-state index in [1.54, 1.807) is 0 Å². The third kappa shape index (κ3) is 230. The van der Waals surface area contributed by atoms with E-state index in [2.05, 4.69) is 0 Å². The first-order valence-corrected chi connectivity index (χ1v) is 1.34. The molecule has 0 aromatic rings. The van der Waals surface area contributed by atoms with Crippen LogP contribution in [0.25, 0.3) is 0 Å². The van der Waals surface area contributed by atoms with Gasteiger partial charge in [-0.3, -0.25) is 0 Å². The van der Waals surface area contributed by atoms with Gasteiger partial charge >= 0.3 is 36.9 Å². The van der Waals surface area contributed by atoms with Crippen LogP contribution in [0.1, 0.15) is 0 Å². The van der Waals surface area contributed by atoms with E-state index in [4.69, 9.17) is 71.0 Å². The molecule has 8 heteroatoms. The summed E-state index contributed by atoms with van der Waals surface area (Å²) in [6, 6.07) is 0. The van der Waals surface area contributed by atoms with Crippen LogP contribution in [0.15, 0.2) is 0 Å². The van der Waals surface area contributed by atoms with E-state index in [0.717, 1.165) is 0 Å². The van der Waals surface area contributed by atoms with Gasteiger partial charge in [-0.15, -0.1) is 0 Å². The molecule has 0 unspecified atom stereocenters. The molecule has 0 atom stereocenters. The summed E-state index contributed by atoms with van der Waals surface area (Å²) < 4.78 is 0. The summed E-state index contributed by atoms with van der Waals surface area (Å²) in [6.07, 6.45) is 0. The fourth-order valence-electron chi connectivity index (χ4n) is 0. The Morgan fingerprint density at radius 1 is 0.357 bits per heavy atom. The van der Waals surface area contributed by atoms with Crippen molar-refractivity contribution in [2.75, 3.05) is 0 Å². The summed E-state index contributed by atoms with van der Waals surface area (Å²) in [4.78, 5) is 0. The third-order valence-electron chi connectivity index (χ3n) is 0. The number of hydrogen-bond donors (Lipinski definition) is 0. The molecule has 0 spiro atoms. The average Bonchev–Trinajstić information content (AvgIpc) is 2.33. The first-order chi connectivity index (χ1) is 6.00. The summed E-state index contributed by atoms with van der Waals surface area (Å²) in [7, 11) is 0. The van der Waals surface area contributed by atoms with Crippen LogP contribution in [0.3, 0.4) is 0 Å². The Balaban J connectivity index is -0.00000000500. The largest absolute Gasteiger partial charge is 4.00 e. The van der Waals surface area contributed by atoms with E-state index in [1.807, 2.05) is 0 Å². The maximum atomic E-state index is 6.25. The minimum Gasteiger partial charge on any atom is -0.512 e. The molecular formula is C6FeN6Os. The summed E-state index contributed by atoms with van der Waals surface area (Å²) in [5, 5.41) is 37.5. The Labute approximate surface area is 108 Å². The van der Waals surface area contributed by atoms with Crippen molar-refractivity contribution >= 4 is 0 Å². The zero-order valence-corrected chi connectivity index (χ0v) is 10.0. The van der Waals surface area contributed by atoms with Crippen LogP contribution >= 0.6 is 0 Å². The molecular weight excluding hydrogens is 402 g/mol. The Morgan fingerprint density at radius 2 is 0.357 bits per heavy atom. The van der Waals surface area contributed by atoms with Crippen molar-refractivity contribution in [2.45, 2.75) is 0 Å². The van der Waals surface area contributed by atoms with Gasteiger partial charge in [0.05, 0.1) is 0 Å². The van der Waals surface area contributed by atoms with Crippen molar-refractivity contribution in [3.05, 3.63) is 39.4 Å². The normalized spacial score (nSPS) is 0.857. The van der Waals surface area contributed by atoms with E-state index in [0.29, 0.717) is 0 Å². The van der Waals surface area contributed by atoms with Crippen LogP contribution in [0.4, 0.5) is 0 Å². The predicted octanol–water partition coefficient (Wildman–Crippen LogP) is 0.573. The molecule has 0 N–H and O–H groups in total. The molecule has 0 rings (SSSR count). The molecule has 0 saturated heterocycles. The molecule has 0 heterocycles. The van der Waals surface area contributed by atoms with Crippen molar-refractivity contribution in [1.29, 1.82) is 31.6 Å². The molecule has 0 aromatic heterocycles. The Kier molecular flexibility index (Phi) is 1980. The molecule has 0 aliphatic rings. The van der Waals surface area contributed by atoms with Crippen LogP contribution in [0.2, 0.25) is 0 Å². The Morgan fingerprint density at radius 3 is 0.357 bits per heavy atom. The van der Waals surface area contributed by atoms with Crippen LogP contribution in [-0.2, 0) is 36.9 Å². The second-order valence-electron chi connectivity index (χ2n) is 0. The van der Waals surface area contributed by atoms with Gasteiger partial charge in [-0.05, 0) is 0 Å². The molecule has 0 amide bonds.